The quantitative estimate of drug-likeness (QED) is 0.861. The van der Waals surface area contributed by atoms with Gasteiger partial charge in [0.15, 0.2) is 0 Å². The fourth-order valence-corrected chi connectivity index (χ4v) is 3.10. The molecule has 1 fully saturated rings. The van der Waals surface area contributed by atoms with Crippen molar-refractivity contribution < 1.29 is 9.13 Å². The molecule has 0 radical (unpaired) electrons. The third-order valence-corrected chi connectivity index (χ3v) is 4.03. The highest BCUT2D eigenvalue weighted by molar-refractivity contribution is 9.10. The Balaban J connectivity index is 2.05. The Hall–Kier alpha value is -0.450. The van der Waals surface area contributed by atoms with Crippen LogP contribution in [-0.2, 0) is 11.2 Å². The van der Waals surface area contributed by atoms with Crippen molar-refractivity contribution in [2.24, 2.45) is 5.92 Å². The monoisotopic (exact) mass is 329 g/mol. The molecule has 0 amide bonds. The number of hydrogen-bond acceptors (Lipinski definition) is 2. The Labute approximate surface area is 122 Å². The van der Waals surface area contributed by atoms with E-state index in [1.54, 1.807) is 6.07 Å². The third kappa shape index (κ3) is 4.55. The van der Waals surface area contributed by atoms with Gasteiger partial charge in [0.2, 0.25) is 0 Å². The zero-order valence-electron chi connectivity index (χ0n) is 11.3. The number of rotatable bonds is 6. The Morgan fingerprint density at radius 1 is 1.47 bits per heavy atom. The minimum Gasteiger partial charge on any atom is -0.381 e. The number of nitrogens with one attached hydrogen (secondary N) is 1. The van der Waals surface area contributed by atoms with Crippen molar-refractivity contribution in [1.82, 2.24) is 5.32 Å². The zero-order valence-corrected chi connectivity index (χ0v) is 12.9. The van der Waals surface area contributed by atoms with Crippen LogP contribution in [0.1, 0.15) is 25.3 Å². The van der Waals surface area contributed by atoms with Gasteiger partial charge in [0.25, 0.3) is 0 Å². The van der Waals surface area contributed by atoms with Crippen LogP contribution < -0.4 is 5.32 Å². The van der Waals surface area contributed by atoms with Crippen LogP contribution >= 0.6 is 15.9 Å². The first-order valence-electron chi connectivity index (χ1n) is 6.95. The maximum absolute atomic E-state index is 13.4. The second kappa shape index (κ2) is 7.36. The normalized spacial score (nSPS) is 20.7. The van der Waals surface area contributed by atoms with Crippen molar-refractivity contribution in [2.45, 2.75) is 32.2 Å². The van der Waals surface area contributed by atoms with Crippen molar-refractivity contribution in [3.63, 3.8) is 0 Å². The second-order valence-electron chi connectivity index (χ2n) is 5.17. The molecule has 1 aromatic rings. The average Bonchev–Trinajstić information content (AvgIpc) is 2.87. The summed E-state index contributed by atoms with van der Waals surface area (Å²) in [5.74, 6) is 0.356. The van der Waals surface area contributed by atoms with Gasteiger partial charge < -0.3 is 10.1 Å². The van der Waals surface area contributed by atoms with Gasteiger partial charge in [-0.2, -0.15) is 0 Å². The van der Waals surface area contributed by atoms with E-state index in [1.165, 1.54) is 6.07 Å². The first kappa shape index (κ1) is 14.9. The molecule has 1 saturated heterocycles. The van der Waals surface area contributed by atoms with Crippen LogP contribution in [-0.4, -0.2) is 25.8 Å². The van der Waals surface area contributed by atoms with E-state index in [0.717, 1.165) is 49.1 Å². The summed E-state index contributed by atoms with van der Waals surface area (Å²) < 4.78 is 19.7. The first-order valence-corrected chi connectivity index (χ1v) is 7.74. The van der Waals surface area contributed by atoms with Crippen LogP contribution in [0.5, 0.6) is 0 Å². The van der Waals surface area contributed by atoms with Crippen LogP contribution in [0.15, 0.2) is 22.7 Å². The molecule has 1 aliphatic heterocycles. The number of halogens is 2. The maximum atomic E-state index is 13.4. The van der Waals surface area contributed by atoms with Gasteiger partial charge in [-0.3, -0.25) is 0 Å². The first-order chi connectivity index (χ1) is 9.19. The molecule has 4 heteroatoms. The molecule has 0 bridgehead atoms. The summed E-state index contributed by atoms with van der Waals surface area (Å²) >= 11 is 3.35. The molecule has 2 atom stereocenters. The van der Waals surface area contributed by atoms with E-state index in [4.69, 9.17) is 4.74 Å². The summed E-state index contributed by atoms with van der Waals surface area (Å²) in [5, 5.41) is 3.58. The molecule has 0 aliphatic carbocycles. The van der Waals surface area contributed by atoms with Crippen molar-refractivity contribution in [3.05, 3.63) is 34.1 Å². The summed E-state index contributed by atoms with van der Waals surface area (Å²) in [7, 11) is 0. The lowest BCUT2D eigenvalue weighted by atomic mass is 9.92. The SMILES string of the molecule is CCCNC(Cc1cc(F)cc(Br)c1)C1CCOC1. The Bertz CT molecular complexity index is 387. The Kier molecular flexibility index (Phi) is 5.79. The van der Waals surface area contributed by atoms with Gasteiger partial charge in [-0.15, -0.1) is 0 Å². The highest BCUT2D eigenvalue weighted by Gasteiger charge is 2.25. The van der Waals surface area contributed by atoms with Gasteiger partial charge in [0.05, 0.1) is 6.61 Å². The highest BCUT2D eigenvalue weighted by Crippen LogP contribution is 2.22. The van der Waals surface area contributed by atoms with Gasteiger partial charge in [0.1, 0.15) is 5.82 Å². The number of benzene rings is 1. The van der Waals surface area contributed by atoms with E-state index < -0.39 is 0 Å². The van der Waals surface area contributed by atoms with Crippen LogP contribution in [0.3, 0.4) is 0 Å². The molecule has 2 unspecified atom stereocenters. The van der Waals surface area contributed by atoms with Gasteiger partial charge in [0, 0.05) is 23.0 Å². The van der Waals surface area contributed by atoms with Crippen LogP contribution in [0.2, 0.25) is 0 Å². The van der Waals surface area contributed by atoms with E-state index in [9.17, 15) is 4.39 Å². The van der Waals surface area contributed by atoms with E-state index in [2.05, 4.69) is 28.2 Å². The Morgan fingerprint density at radius 3 is 2.95 bits per heavy atom. The maximum Gasteiger partial charge on any atom is 0.124 e. The molecular formula is C15H21BrFNO. The number of hydrogen-bond donors (Lipinski definition) is 1. The predicted octanol–water partition coefficient (Wildman–Crippen LogP) is 3.54. The van der Waals surface area contributed by atoms with Crippen molar-refractivity contribution >= 4 is 15.9 Å². The molecule has 2 rings (SSSR count). The molecule has 0 aromatic heterocycles. The summed E-state index contributed by atoms with van der Waals surface area (Å²) in [6, 6.07) is 5.49. The molecule has 0 spiro atoms. The molecule has 0 saturated carbocycles. The van der Waals surface area contributed by atoms with Crippen molar-refractivity contribution in [1.29, 1.82) is 0 Å². The smallest absolute Gasteiger partial charge is 0.124 e. The molecule has 106 valence electrons. The van der Waals surface area contributed by atoms with Crippen LogP contribution in [0.4, 0.5) is 4.39 Å². The van der Waals surface area contributed by atoms with Gasteiger partial charge in [-0.25, -0.2) is 4.39 Å². The lowest BCUT2D eigenvalue weighted by molar-refractivity contribution is 0.176. The van der Waals surface area contributed by atoms with Crippen molar-refractivity contribution in [2.75, 3.05) is 19.8 Å². The molecule has 1 heterocycles. The summed E-state index contributed by atoms with van der Waals surface area (Å²) in [6.45, 7) is 4.82. The zero-order chi connectivity index (χ0) is 13.7. The summed E-state index contributed by atoms with van der Waals surface area (Å²) in [5.41, 5.74) is 1.03. The molecule has 19 heavy (non-hydrogen) atoms. The van der Waals surface area contributed by atoms with Crippen LogP contribution in [0, 0.1) is 11.7 Å². The van der Waals surface area contributed by atoms with Crippen LogP contribution in [0.25, 0.3) is 0 Å². The molecule has 1 aliphatic rings. The average molecular weight is 330 g/mol. The third-order valence-electron chi connectivity index (χ3n) is 3.57. The fraction of sp³-hybridized carbons (Fsp3) is 0.600. The lowest BCUT2D eigenvalue weighted by Crippen LogP contribution is -2.39. The number of ether oxygens (including phenoxy) is 1. The minimum atomic E-state index is -0.179. The van der Waals surface area contributed by atoms with E-state index >= 15 is 0 Å². The highest BCUT2D eigenvalue weighted by atomic mass is 79.9. The molecule has 2 nitrogen and oxygen atoms in total. The standard InChI is InChI=1S/C15H21BrFNO/c1-2-4-18-15(12-3-5-19-10-12)8-11-6-13(16)9-14(17)7-11/h6-7,9,12,15,18H,2-5,8,10H2,1H3. The minimum absolute atomic E-state index is 0.179. The van der Waals surface area contributed by atoms with Gasteiger partial charge in [-0.1, -0.05) is 22.9 Å². The van der Waals surface area contributed by atoms with Crippen molar-refractivity contribution in [3.8, 4) is 0 Å². The van der Waals surface area contributed by atoms with E-state index in [0.29, 0.717) is 12.0 Å². The second-order valence-corrected chi connectivity index (χ2v) is 6.08. The van der Waals surface area contributed by atoms with E-state index in [-0.39, 0.29) is 5.82 Å². The van der Waals surface area contributed by atoms with Gasteiger partial charge >= 0.3 is 0 Å². The fourth-order valence-electron chi connectivity index (χ4n) is 2.59. The summed E-state index contributed by atoms with van der Waals surface area (Å²) in [4.78, 5) is 0. The lowest BCUT2D eigenvalue weighted by Gasteiger charge is -2.24. The van der Waals surface area contributed by atoms with Gasteiger partial charge in [-0.05, 0) is 49.6 Å². The topological polar surface area (TPSA) is 21.3 Å². The Morgan fingerprint density at radius 2 is 2.32 bits per heavy atom. The molecule has 1 aromatic carbocycles. The van der Waals surface area contributed by atoms with E-state index in [1.807, 2.05) is 6.07 Å². The molecule has 1 N–H and O–H groups in total. The largest absolute Gasteiger partial charge is 0.381 e. The summed E-state index contributed by atoms with van der Waals surface area (Å²) in [6.07, 6.45) is 3.05. The molecular weight excluding hydrogens is 309 g/mol. The predicted molar refractivity (Wildman–Crippen MR) is 78.8 cm³/mol.